The fourth-order valence-electron chi connectivity index (χ4n) is 3.70. The van der Waals surface area contributed by atoms with Crippen molar-refractivity contribution in [3.63, 3.8) is 0 Å². The molecule has 10 heteroatoms. The van der Waals surface area contributed by atoms with Gasteiger partial charge in [-0.15, -0.1) is 0 Å². The van der Waals surface area contributed by atoms with Crippen LogP contribution in [0, 0.1) is 11.3 Å². The van der Waals surface area contributed by atoms with Crippen LogP contribution >= 0.6 is 35.0 Å². The molecule has 0 spiro atoms. The molecule has 0 unspecified atom stereocenters. The molecule has 3 N–H and O–H groups in total. The zero-order valence-corrected chi connectivity index (χ0v) is 21.3. The predicted molar refractivity (Wildman–Crippen MR) is 143 cm³/mol. The molecule has 36 heavy (non-hydrogen) atoms. The van der Waals surface area contributed by atoms with Crippen molar-refractivity contribution in [2.75, 3.05) is 16.4 Å². The van der Waals surface area contributed by atoms with Gasteiger partial charge in [-0.25, -0.2) is 0 Å². The summed E-state index contributed by atoms with van der Waals surface area (Å²) in [7, 11) is 0. The van der Waals surface area contributed by atoms with Crippen LogP contribution in [0.15, 0.2) is 93.2 Å². The van der Waals surface area contributed by atoms with Gasteiger partial charge in [0.15, 0.2) is 0 Å². The average Bonchev–Trinajstić information content (AvgIpc) is 3.39. The lowest BCUT2D eigenvalue weighted by Crippen LogP contribution is -2.31. The Kier molecular flexibility index (Phi) is 8.06. The predicted octanol–water partition coefficient (Wildman–Crippen LogP) is 6.29. The first-order valence-corrected chi connectivity index (χ1v) is 12.5. The number of carbonyl (C=O) groups is 2. The fraction of sp³-hybridized carbons (Fsp3) is 0.115. The highest BCUT2D eigenvalue weighted by atomic mass is 35.5. The van der Waals surface area contributed by atoms with Gasteiger partial charge in [0.25, 0.3) is 5.91 Å². The van der Waals surface area contributed by atoms with Crippen LogP contribution in [-0.4, -0.2) is 17.6 Å². The third kappa shape index (κ3) is 5.77. The van der Waals surface area contributed by atoms with Crippen molar-refractivity contribution in [3.8, 4) is 6.07 Å². The molecule has 0 bridgehead atoms. The van der Waals surface area contributed by atoms with Gasteiger partial charge in [0, 0.05) is 16.4 Å². The molecule has 2 amide bonds. The molecule has 0 aliphatic carbocycles. The number of hydrogen-bond acceptors (Lipinski definition) is 6. The van der Waals surface area contributed by atoms with Gasteiger partial charge >= 0.3 is 0 Å². The lowest BCUT2D eigenvalue weighted by molar-refractivity contribution is -0.114. The van der Waals surface area contributed by atoms with Crippen LogP contribution in [0.2, 0.25) is 10.0 Å². The van der Waals surface area contributed by atoms with Crippen molar-refractivity contribution in [1.29, 1.82) is 5.26 Å². The molecule has 3 aromatic rings. The molecule has 1 aromatic heterocycles. The van der Waals surface area contributed by atoms with Crippen LogP contribution < -0.4 is 16.0 Å². The molecule has 2 aromatic carbocycles. The van der Waals surface area contributed by atoms with E-state index in [0.717, 1.165) is 0 Å². The molecule has 1 aliphatic rings. The number of anilines is 2. The van der Waals surface area contributed by atoms with E-state index in [-0.39, 0.29) is 22.3 Å². The van der Waals surface area contributed by atoms with Crippen molar-refractivity contribution in [2.24, 2.45) is 0 Å². The van der Waals surface area contributed by atoms with E-state index in [1.807, 2.05) is 18.2 Å². The van der Waals surface area contributed by atoms with Gasteiger partial charge in [0.1, 0.15) is 5.76 Å². The molecule has 7 nitrogen and oxygen atoms in total. The molecule has 2 heterocycles. The van der Waals surface area contributed by atoms with Crippen molar-refractivity contribution in [3.05, 3.63) is 105 Å². The molecule has 1 atom stereocenters. The van der Waals surface area contributed by atoms with Gasteiger partial charge in [-0.3, -0.25) is 9.59 Å². The van der Waals surface area contributed by atoms with Gasteiger partial charge in [0.05, 0.1) is 50.9 Å². The maximum absolute atomic E-state index is 13.4. The normalized spacial score (nSPS) is 15.2. The smallest absolute Gasteiger partial charge is 0.254 e. The van der Waals surface area contributed by atoms with Crippen LogP contribution in [0.5, 0.6) is 0 Å². The Bertz CT molecular complexity index is 1400. The highest BCUT2D eigenvalue weighted by Gasteiger charge is 2.36. The van der Waals surface area contributed by atoms with E-state index in [0.29, 0.717) is 38.5 Å². The average molecular weight is 539 g/mol. The molecule has 4 rings (SSSR count). The Morgan fingerprint density at radius 1 is 1.11 bits per heavy atom. The van der Waals surface area contributed by atoms with E-state index in [9.17, 15) is 14.9 Å². The Balaban J connectivity index is 1.60. The fourth-order valence-corrected chi connectivity index (χ4v) is 5.05. The number of nitriles is 1. The second-order valence-corrected chi connectivity index (χ2v) is 9.58. The minimum Gasteiger partial charge on any atom is -0.468 e. The van der Waals surface area contributed by atoms with E-state index >= 15 is 0 Å². The Hall–Kier alpha value is -3.64. The van der Waals surface area contributed by atoms with Crippen LogP contribution in [0.25, 0.3) is 0 Å². The number of allylic oxidation sites excluding steroid dienone is 2. The summed E-state index contributed by atoms with van der Waals surface area (Å²) >= 11 is 13.4. The summed E-state index contributed by atoms with van der Waals surface area (Å²) in [4.78, 5) is 25.9. The second kappa shape index (κ2) is 11.4. The number of nitrogens with zero attached hydrogens (tertiary/aromatic N) is 1. The third-order valence-electron chi connectivity index (χ3n) is 5.30. The molecule has 182 valence electrons. The number of amides is 2. The van der Waals surface area contributed by atoms with E-state index < -0.39 is 11.8 Å². The maximum atomic E-state index is 13.4. The Morgan fingerprint density at radius 2 is 1.89 bits per heavy atom. The highest BCUT2D eigenvalue weighted by molar-refractivity contribution is 8.03. The first-order chi connectivity index (χ1) is 17.4. The third-order valence-corrected chi connectivity index (χ3v) is 6.87. The molecular weight excluding hydrogens is 519 g/mol. The summed E-state index contributed by atoms with van der Waals surface area (Å²) in [6.45, 7) is 1.73. The zero-order valence-electron chi connectivity index (χ0n) is 19.0. The second-order valence-electron chi connectivity index (χ2n) is 7.75. The summed E-state index contributed by atoms with van der Waals surface area (Å²) in [5, 5.41) is 20.0. The minimum absolute atomic E-state index is 0.0580. The van der Waals surface area contributed by atoms with Gasteiger partial charge < -0.3 is 20.4 Å². The summed E-state index contributed by atoms with van der Waals surface area (Å²) in [5.41, 5.74) is 2.14. The van der Waals surface area contributed by atoms with E-state index in [1.54, 1.807) is 43.3 Å². The summed E-state index contributed by atoms with van der Waals surface area (Å²) in [6, 6.07) is 19.4. The van der Waals surface area contributed by atoms with Crippen molar-refractivity contribution < 1.29 is 14.0 Å². The van der Waals surface area contributed by atoms with Crippen molar-refractivity contribution in [1.82, 2.24) is 5.32 Å². The molecule has 0 saturated carbocycles. The topological polar surface area (TPSA) is 107 Å². The van der Waals surface area contributed by atoms with Gasteiger partial charge in [-0.1, -0.05) is 53.2 Å². The summed E-state index contributed by atoms with van der Waals surface area (Å²) in [5.74, 6) is -0.981. The van der Waals surface area contributed by atoms with Crippen LogP contribution in [0.3, 0.4) is 0 Å². The zero-order chi connectivity index (χ0) is 25.7. The van der Waals surface area contributed by atoms with Crippen molar-refractivity contribution in [2.45, 2.75) is 12.8 Å². The van der Waals surface area contributed by atoms with Gasteiger partial charge in [-0.05, 0) is 49.4 Å². The van der Waals surface area contributed by atoms with Crippen LogP contribution in [0.4, 0.5) is 11.4 Å². The van der Waals surface area contributed by atoms with E-state index in [4.69, 9.17) is 27.6 Å². The van der Waals surface area contributed by atoms with Gasteiger partial charge in [0.2, 0.25) is 5.91 Å². The van der Waals surface area contributed by atoms with Crippen LogP contribution in [-0.2, 0) is 9.59 Å². The minimum atomic E-state index is -0.781. The van der Waals surface area contributed by atoms with Crippen molar-refractivity contribution >= 4 is 58.2 Å². The monoisotopic (exact) mass is 538 g/mol. The number of furan rings is 1. The first kappa shape index (κ1) is 25.5. The molecule has 0 saturated heterocycles. The molecule has 0 radical (unpaired) electrons. The number of rotatable bonds is 7. The Morgan fingerprint density at radius 3 is 2.56 bits per heavy atom. The molecular formula is C26H20Cl2N4O3S. The SMILES string of the molecule is CC1=C(C(=O)Nc2ccc(Cl)cc2Cl)[C@H](c2ccco2)C(C#N)=C(SCC(=O)Nc2ccccc2)N1. The summed E-state index contributed by atoms with van der Waals surface area (Å²) < 4.78 is 5.62. The number of thioether (sulfide) groups is 1. The van der Waals surface area contributed by atoms with Crippen LogP contribution in [0.1, 0.15) is 18.6 Å². The lowest BCUT2D eigenvalue weighted by atomic mass is 9.85. The maximum Gasteiger partial charge on any atom is 0.254 e. The highest BCUT2D eigenvalue weighted by Crippen LogP contribution is 2.41. The van der Waals surface area contributed by atoms with E-state index in [1.165, 1.54) is 24.1 Å². The summed E-state index contributed by atoms with van der Waals surface area (Å²) in [6.07, 6.45) is 1.48. The molecule has 0 fully saturated rings. The Labute approximate surface area is 222 Å². The number of dihydropyridines is 1. The number of halogens is 2. The number of carbonyl (C=O) groups excluding carboxylic acids is 2. The number of hydrogen-bond donors (Lipinski definition) is 3. The quantitative estimate of drug-likeness (QED) is 0.326. The number of nitrogens with one attached hydrogen (secondary N) is 3. The van der Waals surface area contributed by atoms with E-state index in [2.05, 4.69) is 22.0 Å². The lowest BCUT2D eigenvalue weighted by Gasteiger charge is -2.28. The van der Waals surface area contributed by atoms with Gasteiger partial charge in [-0.2, -0.15) is 5.26 Å². The standard InChI is InChI=1S/C26H20Cl2N4O3S/c1-15-23(25(34)32-20-10-9-16(27)12-19(20)28)24(21-8-5-11-35-21)18(13-29)26(30-15)36-14-22(33)31-17-6-3-2-4-7-17/h2-12,24,30H,14H2,1H3,(H,31,33)(H,32,34)/t24-/m0/s1. The number of benzene rings is 2. The molecule has 1 aliphatic heterocycles. The number of para-hydroxylation sites is 1. The first-order valence-electron chi connectivity index (χ1n) is 10.8. The largest absolute Gasteiger partial charge is 0.468 e.